The van der Waals surface area contributed by atoms with E-state index in [4.69, 9.17) is 10.00 Å². The maximum absolute atomic E-state index is 8.80. The van der Waals surface area contributed by atoms with E-state index in [0.717, 1.165) is 16.7 Å². The van der Waals surface area contributed by atoms with Crippen molar-refractivity contribution in [3.8, 4) is 17.6 Å². The van der Waals surface area contributed by atoms with Gasteiger partial charge in [0.25, 0.3) is 0 Å². The van der Waals surface area contributed by atoms with Gasteiger partial charge in [-0.05, 0) is 30.3 Å². The van der Waals surface area contributed by atoms with E-state index in [-0.39, 0.29) is 0 Å². The average Bonchev–Trinajstić information content (AvgIpc) is 2.80. The summed E-state index contributed by atoms with van der Waals surface area (Å²) in [7, 11) is 2.00. The molecule has 0 bridgehead atoms. The summed E-state index contributed by atoms with van der Waals surface area (Å²) in [6.07, 6.45) is 3.57. The third-order valence-corrected chi connectivity index (χ3v) is 2.94. The van der Waals surface area contributed by atoms with Gasteiger partial charge in [-0.3, -0.25) is 0 Å². The van der Waals surface area contributed by atoms with E-state index in [0.29, 0.717) is 11.4 Å². The summed E-state index contributed by atoms with van der Waals surface area (Å²) in [5, 5.41) is 9.92. The van der Waals surface area contributed by atoms with Gasteiger partial charge in [-0.15, -0.1) is 0 Å². The summed E-state index contributed by atoms with van der Waals surface area (Å²) in [6.45, 7) is 0. The molecule has 0 unspecified atom stereocenters. The predicted molar refractivity (Wildman–Crippen MR) is 71.9 cm³/mol. The number of nitriles is 1. The van der Waals surface area contributed by atoms with Crippen molar-refractivity contribution in [2.75, 3.05) is 0 Å². The summed E-state index contributed by atoms with van der Waals surface area (Å²) in [5.41, 5.74) is 1.50. The molecule has 0 aliphatic carbocycles. The lowest BCUT2D eigenvalue weighted by Gasteiger charge is -2.06. The second-order valence-electron chi connectivity index (χ2n) is 4.24. The summed E-state index contributed by atoms with van der Waals surface area (Å²) < 4.78 is 7.79. The first kappa shape index (κ1) is 11.3. The van der Waals surface area contributed by atoms with Crippen LogP contribution in [0, 0.1) is 11.3 Å². The van der Waals surface area contributed by atoms with E-state index in [1.165, 1.54) is 0 Å². The molecule has 0 amide bonds. The van der Waals surface area contributed by atoms with Crippen molar-refractivity contribution in [3.05, 3.63) is 54.5 Å². The summed E-state index contributed by atoms with van der Waals surface area (Å²) in [6, 6.07) is 13.3. The number of aromatic nitrogens is 2. The van der Waals surface area contributed by atoms with Crippen molar-refractivity contribution in [2.45, 2.75) is 0 Å². The van der Waals surface area contributed by atoms with Crippen LogP contribution in [0.3, 0.4) is 0 Å². The standard InChI is InChI=1S/C15H11N3O/c1-18-7-5-11-8-13(2-3-15(11)18)19-14-4-6-17-12(9-14)10-16/h2-9H,1H3. The fourth-order valence-electron chi connectivity index (χ4n) is 2.00. The zero-order chi connectivity index (χ0) is 13.2. The Morgan fingerprint density at radius 1 is 1.16 bits per heavy atom. The molecule has 0 fully saturated rings. The molecule has 1 aromatic carbocycles. The molecule has 0 saturated carbocycles. The number of benzene rings is 1. The van der Waals surface area contributed by atoms with E-state index >= 15 is 0 Å². The van der Waals surface area contributed by atoms with Crippen molar-refractivity contribution in [1.82, 2.24) is 9.55 Å². The maximum Gasteiger partial charge on any atom is 0.144 e. The highest BCUT2D eigenvalue weighted by Gasteiger charge is 2.03. The zero-order valence-corrected chi connectivity index (χ0v) is 10.4. The number of aryl methyl sites for hydroxylation is 1. The number of nitrogens with zero attached hydrogens (tertiary/aromatic N) is 3. The monoisotopic (exact) mass is 249 g/mol. The molecule has 3 aromatic rings. The summed E-state index contributed by atoms with van der Waals surface area (Å²) in [5.74, 6) is 1.36. The van der Waals surface area contributed by atoms with E-state index in [9.17, 15) is 0 Å². The second kappa shape index (κ2) is 4.46. The van der Waals surface area contributed by atoms with Gasteiger partial charge in [0.15, 0.2) is 0 Å². The van der Waals surface area contributed by atoms with Crippen LogP contribution in [0.1, 0.15) is 5.69 Å². The van der Waals surface area contributed by atoms with Crippen LogP contribution in [0.5, 0.6) is 11.5 Å². The van der Waals surface area contributed by atoms with Gasteiger partial charge < -0.3 is 9.30 Å². The van der Waals surface area contributed by atoms with Crippen LogP contribution in [0.25, 0.3) is 10.9 Å². The second-order valence-corrected chi connectivity index (χ2v) is 4.24. The molecule has 0 atom stereocenters. The third-order valence-electron chi connectivity index (χ3n) is 2.94. The number of pyridine rings is 1. The molecule has 0 aliphatic rings. The summed E-state index contributed by atoms with van der Waals surface area (Å²) >= 11 is 0. The maximum atomic E-state index is 8.80. The van der Waals surface area contributed by atoms with Crippen LogP contribution >= 0.6 is 0 Å². The van der Waals surface area contributed by atoms with Crippen molar-refractivity contribution in [1.29, 1.82) is 5.26 Å². The molecule has 0 radical (unpaired) electrons. The molecule has 92 valence electrons. The number of fused-ring (bicyclic) bond motifs is 1. The Morgan fingerprint density at radius 3 is 2.84 bits per heavy atom. The van der Waals surface area contributed by atoms with E-state index < -0.39 is 0 Å². The molecule has 0 spiro atoms. The highest BCUT2D eigenvalue weighted by atomic mass is 16.5. The van der Waals surface area contributed by atoms with Gasteiger partial charge in [0.05, 0.1) is 0 Å². The van der Waals surface area contributed by atoms with Crippen LogP contribution in [0.4, 0.5) is 0 Å². The minimum absolute atomic E-state index is 0.346. The third kappa shape index (κ3) is 2.14. The number of ether oxygens (including phenoxy) is 1. The Morgan fingerprint density at radius 2 is 2.00 bits per heavy atom. The largest absolute Gasteiger partial charge is 0.457 e. The van der Waals surface area contributed by atoms with Gasteiger partial charge in [0.2, 0.25) is 0 Å². The Hall–Kier alpha value is -2.80. The minimum Gasteiger partial charge on any atom is -0.457 e. The van der Waals surface area contributed by atoms with Gasteiger partial charge in [0.1, 0.15) is 23.3 Å². The van der Waals surface area contributed by atoms with E-state index in [2.05, 4.69) is 9.55 Å². The summed E-state index contributed by atoms with van der Waals surface area (Å²) in [4.78, 5) is 3.91. The smallest absolute Gasteiger partial charge is 0.144 e. The molecule has 3 rings (SSSR count). The number of hydrogen-bond acceptors (Lipinski definition) is 3. The molecule has 0 aliphatic heterocycles. The molecular weight excluding hydrogens is 238 g/mol. The molecule has 0 saturated heterocycles. The van der Waals surface area contributed by atoms with E-state index in [1.54, 1.807) is 18.3 Å². The molecular formula is C15H11N3O. The molecule has 0 N–H and O–H groups in total. The molecule has 2 heterocycles. The normalized spacial score (nSPS) is 10.3. The SMILES string of the molecule is Cn1ccc2cc(Oc3ccnc(C#N)c3)ccc21. The molecule has 2 aromatic heterocycles. The van der Waals surface area contributed by atoms with Crippen LogP contribution in [-0.4, -0.2) is 9.55 Å². The first-order valence-electron chi connectivity index (χ1n) is 5.85. The Bertz CT molecular complexity index is 783. The topological polar surface area (TPSA) is 50.8 Å². The molecule has 19 heavy (non-hydrogen) atoms. The first-order chi connectivity index (χ1) is 9.26. The molecule has 4 heteroatoms. The van der Waals surface area contributed by atoms with Crippen molar-refractivity contribution in [3.63, 3.8) is 0 Å². The van der Waals surface area contributed by atoms with Gasteiger partial charge in [0, 0.05) is 36.4 Å². The molecule has 4 nitrogen and oxygen atoms in total. The van der Waals surface area contributed by atoms with Gasteiger partial charge in [-0.1, -0.05) is 0 Å². The average molecular weight is 249 g/mol. The van der Waals surface area contributed by atoms with Gasteiger partial charge in [-0.25, -0.2) is 4.98 Å². The van der Waals surface area contributed by atoms with Gasteiger partial charge in [-0.2, -0.15) is 5.26 Å². The van der Waals surface area contributed by atoms with E-state index in [1.807, 2.05) is 43.6 Å². The Labute approximate surface area is 110 Å². The quantitative estimate of drug-likeness (QED) is 0.700. The van der Waals surface area contributed by atoms with Crippen molar-refractivity contribution >= 4 is 10.9 Å². The van der Waals surface area contributed by atoms with Gasteiger partial charge >= 0.3 is 0 Å². The minimum atomic E-state index is 0.346. The van der Waals surface area contributed by atoms with Crippen molar-refractivity contribution < 1.29 is 4.74 Å². The number of hydrogen-bond donors (Lipinski definition) is 0. The highest BCUT2D eigenvalue weighted by Crippen LogP contribution is 2.26. The van der Waals surface area contributed by atoms with Crippen LogP contribution < -0.4 is 4.74 Å². The lowest BCUT2D eigenvalue weighted by atomic mass is 10.2. The first-order valence-corrected chi connectivity index (χ1v) is 5.85. The lowest BCUT2D eigenvalue weighted by molar-refractivity contribution is 0.482. The fraction of sp³-hybridized carbons (Fsp3) is 0.0667. The highest BCUT2D eigenvalue weighted by molar-refractivity contribution is 5.81. The number of rotatable bonds is 2. The Balaban J connectivity index is 1.94. The lowest BCUT2D eigenvalue weighted by Crippen LogP contribution is -1.88. The van der Waals surface area contributed by atoms with Crippen LogP contribution in [-0.2, 0) is 7.05 Å². The fourth-order valence-corrected chi connectivity index (χ4v) is 2.00. The van der Waals surface area contributed by atoms with Crippen molar-refractivity contribution in [2.24, 2.45) is 7.05 Å². The zero-order valence-electron chi connectivity index (χ0n) is 10.4. The van der Waals surface area contributed by atoms with Crippen LogP contribution in [0.2, 0.25) is 0 Å². The van der Waals surface area contributed by atoms with Crippen LogP contribution in [0.15, 0.2) is 48.8 Å². The Kier molecular flexibility index (Phi) is 2.66. The predicted octanol–water partition coefficient (Wildman–Crippen LogP) is 3.24.